The van der Waals surface area contributed by atoms with Crippen LogP contribution in [0.2, 0.25) is 5.02 Å². The molecule has 1 N–H and O–H groups in total. The maximum atomic E-state index is 12.0. The van der Waals surface area contributed by atoms with Crippen LogP contribution in [0.1, 0.15) is 11.1 Å². The van der Waals surface area contributed by atoms with Crippen LogP contribution in [0.4, 0.5) is 5.69 Å². The predicted molar refractivity (Wildman–Crippen MR) is 111 cm³/mol. The minimum Gasteiger partial charge on any atom is -0.493 e. The highest BCUT2D eigenvalue weighted by atomic mass is 35.5. The van der Waals surface area contributed by atoms with Crippen molar-refractivity contribution in [3.05, 3.63) is 101 Å². The van der Waals surface area contributed by atoms with Crippen LogP contribution in [-0.4, -0.2) is 12.5 Å². The van der Waals surface area contributed by atoms with Gasteiger partial charge in [0, 0.05) is 23.2 Å². The van der Waals surface area contributed by atoms with Crippen molar-refractivity contribution in [2.24, 2.45) is 0 Å². The Balaban J connectivity index is 1.46. The first-order valence-electron chi connectivity index (χ1n) is 8.70. The molecule has 4 heteroatoms. The van der Waals surface area contributed by atoms with Gasteiger partial charge in [0.15, 0.2) is 0 Å². The number of halogens is 1. The Kier molecular flexibility index (Phi) is 6.66. The monoisotopic (exact) mass is 377 g/mol. The van der Waals surface area contributed by atoms with Gasteiger partial charge in [-0.25, -0.2) is 0 Å². The SMILES string of the molecule is O=C(/C=C/c1ccc(Cl)cc1)Nc1ccc(OCCc2ccccc2)cc1. The highest BCUT2D eigenvalue weighted by Gasteiger charge is 2.00. The molecule has 0 aromatic heterocycles. The summed E-state index contributed by atoms with van der Waals surface area (Å²) in [5, 5.41) is 3.49. The number of carbonyl (C=O) groups excluding carboxylic acids is 1. The molecule has 0 aliphatic rings. The van der Waals surface area contributed by atoms with E-state index >= 15 is 0 Å². The summed E-state index contributed by atoms with van der Waals surface area (Å²) in [5.41, 5.74) is 2.88. The van der Waals surface area contributed by atoms with E-state index in [4.69, 9.17) is 16.3 Å². The van der Waals surface area contributed by atoms with E-state index < -0.39 is 0 Å². The Hall–Kier alpha value is -3.04. The lowest BCUT2D eigenvalue weighted by Gasteiger charge is -2.08. The Labute approximate surface area is 164 Å². The van der Waals surface area contributed by atoms with Gasteiger partial charge in [-0.1, -0.05) is 54.1 Å². The van der Waals surface area contributed by atoms with Gasteiger partial charge >= 0.3 is 0 Å². The molecule has 0 bridgehead atoms. The lowest BCUT2D eigenvalue weighted by molar-refractivity contribution is -0.111. The third kappa shape index (κ3) is 6.32. The van der Waals surface area contributed by atoms with Gasteiger partial charge < -0.3 is 10.1 Å². The van der Waals surface area contributed by atoms with Gasteiger partial charge in [0.2, 0.25) is 5.91 Å². The van der Waals surface area contributed by atoms with Crippen molar-refractivity contribution in [1.82, 2.24) is 0 Å². The molecule has 0 atom stereocenters. The van der Waals surface area contributed by atoms with E-state index in [9.17, 15) is 4.79 Å². The first kappa shape index (κ1) is 18.7. The van der Waals surface area contributed by atoms with E-state index in [1.807, 2.05) is 54.6 Å². The molecule has 0 radical (unpaired) electrons. The second-order valence-electron chi connectivity index (χ2n) is 5.98. The van der Waals surface area contributed by atoms with Gasteiger partial charge in [0.05, 0.1) is 6.61 Å². The average molecular weight is 378 g/mol. The zero-order valence-electron chi connectivity index (χ0n) is 14.8. The van der Waals surface area contributed by atoms with Crippen LogP contribution in [-0.2, 0) is 11.2 Å². The standard InChI is InChI=1S/C23H20ClNO2/c24-20-9-6-19(7-10-20)8-15-23(26)25-21-11-13-22(14-12-21)27-17-16-18-4-2-1-3-5-18/h1-15H,16-17H2,(H,25,26)/b15-8+. The largest absolute Gasteiger partial charge is 0.493 e. The van der Waals surface area contributed by atoms with E-state index in [0.717, 1.165) is 23.4 Å². The summed E-state index contributed by atoms with van der Waals surface area (Å²) < 4.78 is 5.75. The van der Waals surface area contributed by atoms with Crippen LogP contribution in [0.15, 0.2) is 84.9 Å². The first-order valence-corrected chi connectivity index (χ1v) is 9.08. The zero-order chi connectivity index (χ0) is 18.9. The van der Waals surface area contributed by atoms with Gasteiger partial charge in [0.25, 0.3) is 0 Å². The minimum atomic E-state index is -0.192. The molecule has 0 unspecified atom stereocenters. The number of ether oxygens (including phenoxy) is 1. The van der Waals surface area contributed by atoms with Gasteiger partial charge in [0.1, 0.15) is 5.75 Å². The Bertz CT molecular complexity index is 888. The number of anilines is 1. The van der Waals surface area contributed by atoms with E-state index in [1.165, 1.54) is 11.6 Å². The van der Waals surface area contributed by atoms with Crippen molar-refractivity contribution >= 4 is 29.3 Å². The van der Waals surface area contributed by atoms with Crippen molar-refractivity contribution in [2.75, 3.05) is 11.9 Å². The zero-order valence-corrected chi connectivity index (χ0v) is 15.5. The molecule has 0 aliphatic carbocycles. The molecule has 0 saturated carbocycles. The van der Waals surface area contributed by atoms with Crippen LogP contribution in [0, 0.1) is 0 Å². The topological polar surface area (TPSA) is 38.3 Å². The molecule has 0 saturated heterocycles. The molecule has 1 amide bonds. The van der Waals surface area contributed by atoms with Crippen molar-refractivity contribution in [3.8, 4) is 5.75 Å². The predicted octanol–water partition coefficient (Wildman–Crippen LogP) is 5.61. The molecule has 3 rings (SSSR count). The maximum absolute atomic E-state index is 12.0. The molecular weight excluding hydrogens is 358 g/mol. The molecule has 3 aromatic rings. The number of carbonyl (C=O) groups is 1. The normalized spacial score (nSPS) is 10.7. The fourth-order valence-electron chi connectivity index (χ4n) is 2.50. The summed E-state index contributed by atoms with van der Waals surface area (Å²) in [6.45, 7) is 0.611. The highest BCUT2D eigenvalue weighted by Crippen LogP contribution is 2.16. The Morgan fingerprint density at radius 3 is 2.33 bits per heavy atom. The molecular formula is C23H20ClNO2. The second kappa shape index (κ2) is 9.60. The summed E-state index contributed by atoms with van der Waals surface area (Å²) in [5.74, 6) is 0.586. The summed E-state index contributed by atoms with van der Waals surface area (Å²) in [6.07, 6.45) is 4.09. The van der Waals surface area contributed by atoms with E-state index in [1.54, 1.807) is 18.2 Å². The van der Waals surface area contributed by atoms with Crippen LogP contribution >= 0.6 is 11.6 Å². The van der Waals surface area contributed by atoms with E-state index in [2.05, 4.69) is 17.4 Å². The van der Waals surface area contributed by atoms with Gasteiger partial charge in [-0.3, -0.25) is 4.79 Å². The molecule has 0 heterocycles. The summed E-state index contributed by atoms with van der Waals surface area (Å²) in [7, 11) is 0. The molecule has 0 aliphatic heterocycles. The second-order valence-corrected chi connectivity index (χ2v) is 6.42. The van der Waals surface area contributed by atoms with Crippen LogP contribution in [0.5, 0.6) is 5.75 Å². The summed E-state index contributed by atoms with van der Waals surface area (Å²) in [6, 6.07) is 24.8. The number of hydrogen-bond donors (Lipinski definition) is 1. The third-order valence-electron chi connectivity index (χ3n) is 3.92. The summed E-state index contributed by atoms with van der Waals surface area (Å²) in [4.78, 5) is 12.0. The minimum absolute atomic E-state index is 0.192. The van der Waals surface area contributed by atoms with Gasteiger partial charge in [-0.05, 0) is 53.6 Å². The van der Waals surface area contributed by atoms with Gasteiger partial charge in [-0.15, -0.1) is 0 Å². The van der Waals surface area contributed by atoms with Crippen molar-refractivity contribution in [1.29, 1.82) is 0 Å². The van der Waals surface area contributed by atoms with Crippen molar-refractivity contribution in [3.63, 3.8) is 0 Å². The lowest BCUT2D eigenvalue weighted by atomic mass is 10.2. The number of amides is 1. The Morgan fingerprint density at radius 1 is 0.926 bits per heavy atom. The van der Waals surface area contributed by atoms with E-state index in [-0.39, 0.29) is 5.91 Å². The molecule has 27 heavy (non-hydrogen) atoms. The van der Waals surface area contributed by atoms with Crippen LogP contribution < -0.4 is 10.1 Å². The fraction of sp³-hybridized carbons (Fsp3) is 0.0870. The first-order chi connectivity index (χ1) is 13.2. The molecule has 136 valence electrons. The molecule has 3 aromatic carbocycles. The smallest absolute Gasteiger partial charge is 0.248 e. The molecule has 3 nitrogen and oxygen atoms in total. The quantitative estimate of drug-likeness (QED) is 0.543. The fourth-order valence-corrected chi connectivity index (χ4v) is 2.62. The van der Waals surface area contributed by atoms with Crippen LogP contribution in [0.25, 0.3) is 6.08 Å². The number of benzene rings is 3. The van der Waals surface area contributed by atoms with Crippen molar-refractivity contribution < 1.29 is 9.53 Å². The molecule has 0 spiro atoms. The molecule has 0 fully saturated rings. The number of nitrogens with one attached hydrogen (secondary N) is 1. The number of hydrogen-bond acceptors (Lipinski definition) is 2. The maximum Gasteiger partial charge on any atom is 0.248 e. The lowest BCUT2D eigenvalue weighted by Crippen LogP contribution is -2.07. The third-order valence-corrected chi connectivity index (χ3v) is 4.17. The van der Waals surface area contributed by atoms with Crippen LogP contribution in [0.3, 0.4) is 0 Å². The van der Waals surface area contributed by atoms with E-state index in [0.29, 0.717) is 11.6 Å². The Morgan fingerprint density at radius 2 is 1.63 bits per heavy atom. The average Bonchev–Trinajstić information content (AvgIpc) is 2.70. The highest BCUT2D eigenvalue weighted by molar-refractivity contribution is 6.30. The number of rotatable bonds is 7. The summed E-state index contributed by atoms with van der Waals surface area (Å²) >= 11 is 5.84. The van der Waals surface area contributed by atoms with Gasteiger partial charge in [-0.2, -0.15) is 0 Å². The van der Waals surface area contributed by atoms with Crippen molar-refractivity contribution in [2.45, 2.75) is 6.42 Å².